The molecule has 1 N–H and O–H groups in total. The van der Waals surface area contributed by atoms with Crippen molar-refractivity contribution in [2.45, 2.75) is 6.42 Å². The van der Waals surface area contributed by atoms with Gasteiger partial charge >= 0.3 is 5.97 Å². The number of nitrogens with zero attached hydrogens (tertiary/aromatic N) is 2. The maximum Gasteiger partial charge on any atom is 0.329 e. The number of carbonyl (C=O) groups is 1. The van der Waals surface area contributed by atoms with Crippen LogP contribution in [0.1, 0.15) is 5.56 Å². The SMILES string of the molecule is Cn1cc(CCOCC(=O)O)cn1. The third-order valence-corrected chi connectivity index (χ3v) is 1.52. The van der Waals surface area contributed by atoms with Gasteiger partial charge in [-0.3, -0.25) is 4.68 Å². The number of rotatable bonds is 5. The number of hydrogen-bond donors (Lipinski definition) is 1. The second-order valence-electron chi connectivity index (χ2n) is 2.72. The highest BCUT2D eigenvalue weighted by molar-refractivity contribution is 5.67. The van der Waals surface area contributed by atoms with Crippen LogP contribution in [-0.2, 0) is 23.0 Å². The maximum absolute atomic E-state index is 10.1. The molecule has 0 atom stereocenters. The lowest BCUT2D eigenvalue weighted by Crippen LogP contribution is -2.08. The minimum absolute atomic E-state index is 0.236. The highest BCUT2D eigenvalue weighted by Crippen LogP contribution is 1.97. The Kier molecular flexibility index (Phi) is 3.45. The van der Waals surface area contributed by atoms with Crippen LogP contribution in [0.3, 0.4) is 0 Å². The lowest BCUT2D eigenvalue weighted by atomic mass is 10.3. The number of carboxylic acid groups (broad SMARTS) is 1. The summed E-state index contributed by atoms with van der Waals surface area (Å²) in [6.45, 7) is 0.179. The molecule has 72 valence electrons. The summed E-state index contributed by atoms with van der Waals surface area (Å²) in [7, 11) is 1.83. The predicted molar refractivity (Wildman–Crippen MR) is 45.4 cm³/mol. The molecule has 13 heavy (non-hydrogen) atoms. The first-order valence-corrected chi connectivity index (χ1v) is 3.95. The van der Waals surface area contributed by atoms with Crippen molar-refractivity contribution in [3.8, 4) is 0 Å². The van der Waals surface area contributed by atoms with E-state index in [2.05, 4.69) is 5.10 Å². The number of carboxylic acids is 1. The van der Waals surface area contributed by atoms with Gasteiger partial charge in [-0.1, -0.05) is 0 Å². The molecule has 0 spiro atoms. The molecule has 0 aliphatic carbocycles. The van der Waals surface area contributed by atoms with Crippen LogP contribution in [0.25, 0.3) is 0 Å². The molecule has 0 saturated heterocycles. The number of aliphatic carboxylic acids is 1. The van der Waals surface area contributed by atoms with Crippen molar-refractivity contribution in [2.75, 3.05) is 13.2 Å². The fourth-order valence-corrected chi connectivity index (χ4v) is 0.950. The monoisotopic (exact) mass is 184 g/mol. The molecule has 1 aromatic heterocycles. The Morgan fingerprint density at radius 1 is 1.77 bits per heavy atom. The van der Waals surface area contributed by atoms with Crippen molar-refractivity contribution in [3.63, 3.8) is 0 Å². The van der Waals surface area contributed by atoms with E-state index in [1.54, 1.807) is 10.9 Å². The van der Waals surface area contributed by atoms with Crippen LogP contribution in [-0.4, -0.2) is 34.1 Å². The fraction of sp³-hybridized carbons (Fsp3) is 0.500. The van der Waals surface area contributed by atoms with E-state index in [1.165, 1.54) is 0 Å². The highest BCUT2D eigenvalue weighted by atomic mass is 16.5. The summed E-state index contributed by atoms with van der Waals surface area (Å²) in [6, 6.07) is 0. The van der Waals surface area contributed by atoms with Gasteiger partial charge in [0, 0.05) is 13.2 Å². The van der Waals surface area contributed by atoms with Gasteiger partial charge in [-0.05, 0) is 12.0 Å². The number of ether oxygens (including phenoxy) is 1. The average molecular weight is 184 g/mol. The molecule has 5 heteroatoms. The average Bonchev–Trinajstić information content (AvgIpc) is 2.45. The van der Waals surface area contributed by atoms with Crippen molar-refractivity contribution < 1.29 is 14.6 Å². The highest BCUT2D eigenvalue weighted by Gasteiger charge is 1.98. The van der Waals surface area contributed by atoms with E-state index in [4.69, 9.17) is 9.84 Å². The van der Waals surface area contributed by atoms with Gasteiger partial charge in [0.05, 0.1) is 12.8 Å². The fourth-order valence-electron chi connectivity index (χ4n) is 0.950. The van der Waals surface area contributed by atoms with Crippen molar-refractivity contribution in [1.82, 2.24) is 9.78 Å². The van der Waals surface area contributed by atoms with Gasteiger partial charge in [-0.15, -0.1) is 0 Å². The molecule has 0 saturated carbocycles. The minimum atomic E-state index is -0.939. The summed E-state index contributed by atoms with van der Waals surface area (Å²) in [5, 5.41) is 12.2. The Labute approximate surface area is 75.9 Å². The van der Waals surface area contributed by atoms with E-state index in [0.717, 1.165) is 5.56 Å². The molecule has 0 aromatic carbocycles. The molecule has 0 bridgehead atoms. The molecule has 1 rings (SSSR count). The van der Waals surface area contributed by atoms with Crippen LogP contribution in [0.2, 0.25) is 0 Å². The smallest absolute Gasteiger partial charge is 0.329 e. The second kappa shape index (κ2) is 4.61. The molecule has 0 unspecified atom stereocenters. The second-order valence-corrected chi connectivity index (χ2v) is 2.72. The number of aryl methyl sites for hydroxylation is 1. The topological polar surface area (TPSA) is 64.3 Å². The third-order valence-electron chi connectivity index (χ3n) is 1.52. The first-order valence-electron chi connectivity index (χ1n) is 3.95. The van der Waals surface area contributed by atoms with E-state index in [-0.39, 0.29) is 6.61 Å². The molecular formula is C8H12N2O3. The zero-order chi connectivity index (χ0) is 9.68. The van der Waals surface area contributed by atoms with Crippen LogP contribution < -0.4 is 0 Å². The molecule has 1 heterocycles. The molecular weight excluding hydrogens is 172 g/mol. The molecule has 0 radical (unpaired) electrons. The Morgan fingerprint density at radius 2 is 2.54 bits per heavy atom. The van der Waals surface area contributed by atoms with E-state index in [1.807, 2.05) is 13.2 Å². The molecule has 0 fully saturated rings. The van der Waals surface area contributed by atoms with Crippen LogP contribution in [0.5, 0.6) is 0 Å². The largest absolute Gasteiger partial charge is 0.480 e. The van der Waals surface area contributed by atoms with E-state index >= 15 is 0 Å². The van der Waals surface area contributed by atoms with Gasteiger partial charge < -0.3 is 9.84 Å². The van der Waals surface area contributed by atoms with Crippen molar-refractivity contribution in [3.05, 3.63) is 18.0 Å². The van der Waals surface area contributed by atoms with Gasteiger partial charge in [0.25, 0.3) is 0 Å². The van der Waals surface area contributed by atoms with Crippen molar-refractivity contribution in [1.29, 1.82) is 0 Å². The summed E-state index contributed by atoms with van der Waals surface area (Å²) < 4.78 is 6.57. The summed E-state index contributed by atoms with van der Waals surface area (Å²) >= 11 is 0. The predicted octanol–water partition coefficient (Wildman–Crippen LogP) is 0.0638. The van der Waals surface area contributed by atoms with Gasteiger partial charge in [0.1, 0.15) is 6.61 Å². The maximum atomic E-state index is 10.1. The van der Waals surface area contributed by atoms with Crippen LogP contribution >= 0.6 is 0 Å². The van der Waals surface area contributed by atoms with Crippen LogP contribution in [0.15, 0.2) is 12.4 Å². The normalized spacial score (nSPS) is 10.2. The molecule has 5 nitrogen and oxygen atoms in total. The van der Waals surface area contributed by atoms with Gasteiger partial charge in [-0.25, -0.2) is 4.79 Å². The zero-order valence-electron chi connectivity index (χ0n) is 7.43. The van der Waals surface area contributed by atoms with E-state index in [0.29, 0.717) is 13.0 Å². The standard InChI is InChI=1S/C8H12N2O3/c1-10-5-7(4-9-10)2-3-13-6-8(11)12/h4-5H,2-3,6H2,1H3,(H,11,12). The molecule has 0 amide bonds. The van der Waals surface area contributed by atoms with Crippen molar-refractivity contribution >= 4 is 5.97 Å². The van der Waals surface area contributed by atoms with Gasteiger partial charge in [0.15, 0.2) is 0 Å². The van der Waals surface area contributed by atoms with E-state index in [9.17, 15) is 4.79 Å². The van der Waals surface area contributed by atoms with E-state index < -0.39 is 5.97 Å². The quantitative estimate of drug-likeness (QED) is 0.657. The summed E-state index contributed by atoms with van der Waals surface area (Å²) in [4.78, 5) is 10.1. The Morgan fingerprint density at radius 3 is 3.08 bits per heavy atom. The lowest BCUT2D eigenvalue weighted by molar-refractivity contribution is -0.142. The number of aromatic nitrogens is 2. The van der Waals surface area contributed by atoms with Crippen LogP contribution in [0.4, 0.5) is 0 Å². The van der Waals surface area contributed by atoms with Gasteiger partial charge in [0.2, 0.25) is 0 Å². The zero-order valence-corrected chi connectivity index (χ0v) is 7.43. The first kappa shape index (κ1) is 9.73. The Hall–Kier alpha value is -1.36. The lowest BCUT2D eigenvalue weighted by Gasteiger charge is -1.97. The molecule has 0 aliphatic rings. The third kappa shape index (κ3) is 3.71. The first-order chi connectivity index (χ1) is 6.18. The van der Waals surface area contributed by atoms with Crippen molar-refractivity contribution in [2.24, 2.45) is 7.05 Å². The Bertz CT molecular complexity index is 283. The summed E-state index contributed by atoms with van der Waals surface area (Å²) in [6.07, 6.45) is 4.31. The summed E-state index contributed by atoms with van der Waals surface area (Å²) in [5.41, 5.74) is 1.05. The number of hydrogen-bond acceptors (Lipinski definition) is 3. The molecule has 0 aliphatic heterocycles. The summed E-state index contributed by atoms with van der Waals surface area (Å²) in [5.74, 6) is -0.939. The van der Waals surface area contributed by atoms with Crippen LogP contribution in [0, 0.1) is 0 Å². The molecule has 1 aromatic rings. The van der Waals surface area contributed by atoms with Gasteiger partial charge in [-0.2, -0.15) is 5.10 Å². The Balaban J connectivity index is 2.16. The minimum Gasteiger partial charge on any atom is -0.480 e.